The Balaban J connectivity index is 1.67. The van der Waals surface area contributed by atoms with Gasteiger partial charge in [-0.05, 0) is 58.8 Å². The van der Waals surface area contributed by atoms with Crippen molar-refractivity contribution in [3.8, 4) is 11.8 Å². The highest BCUT2D eigenvalue weighted by atomic mass is 15.2. The lowest BCUT2D eigenvalue weighted by Crippen LogP contribution is -2.49. The lowest BCUT2D eigenvalue weighted by Gasteiger charge is -2.40. The van der Waals surface area contributed by atoms with Crippen molar-refractivity contribution in [1.29, 1.82) is 0 Å². The Kier molecular flexibility index (Phi) is 6.16. The highest BCUT2D eigenvalue weighted by Crippen LogP contribution is 2.20. The third-order valence-corrected chi connectivity index (χ3v) is 4.50. The molecule has 2 heterocycles. The van der Waals surface area contributed by atoms with Crippen molar-refractivity contribution in [1.82, 2.24) is 9.80 Å². The van der Waals surface area contributed by atoms with E-state index in [4.69, 9.17) is 5.73 Å². The molecule has 108 valence electrons. The predicted molar refractivity (Wildman–Crippen MR) is 80.9 cm³/mol. The van der Waals surface area contributed by atoms with Gasteiger partial charge in [-0.2, -0.15) is 0 Å². The van der Waals surface area contributed by atoms with E-state index in [0.29, 0.717) is 0 Å². The van der Waals surface area contributed by atoms with Gasteiger partial charge in [0.1, 0.15) is 0 Å². The summed E-state index contributed by atoms with van der Waals surface area (Å²) >= 11 is 0. The molecule has 3 heteroatoms. The monoisotopic (exact) mass is 263 g/mol. The molecule has 2 fully saturated rings. The molecule has 0 amide bonds. The Morgan fingerprint density at radius 1 is 1.11 bits per heavy atom. The molecule has 19 heavy (non-hydrogen) atoms. The van der Waals surface area contributed by atoms with Crippen LogP contribution < -0.4 is 5.73 Å². The summed E-state index contributed by atoms with van der Waals surface area (Å²) < 4.78 is 0. The zero-order chi connectivity index (χ0) is 13.5. The molecule has 0 bridgehead atoms. The van der Waals surface area contributed by atoms with Crippen LogP contribution in [0.25, 0.3) is 0 Å². The minimum atomic E-state index is 0.221. The van der Waals surface area contributed by atoms with Crippen molar-refractivity contribution in [3.63, 3.8) is 0 Å². The third kappa shape index (κ3) is 4.80. The van der Waals surface area contributed by atoms with E-state index in [1.165, 1.54) is 58.3 Å². The standard InChI is InChI=1S/C16H29N3/c1-2-3-7-15(17)14-18-12-8-16(9-13-18)19-10-5-4-6-11-19/h15-16H,4-14,17H2,1H3. The van der Waals surface area contributed by atoms with E-state index in [0.717, 1.165) is 19.0 Å². The second-order valence-corrected chi connectivity index (χ2v) is 6.02. The topological polar surface area (TPSA) is 32.5 Å². The van der Waals surface area contributed by atoms with Crippen LogP contribution in [0.2, 0.25) is 0 Å². The minimum Gasteiger partial charge on any atom is -0.326 e. The second kappa shape index (κ2) is 7.89. The molecule has 0 spiro atoms. The number of hydrogen-bond acceptors (Lipinski definition) is 3. The summed E-state index contributed by atoms with van der Waals surface area (Å²) in [5.74, 6) is 6.02. The van der Waals surface area contributed by atoms with E-state index in [1.54, 1.807) is 0 Å². The van der Waals surface area contributed by atoms with E-state index in [-0.39, 0.29) is 6.04 Å². The molecule has 0 aromatic rings. The Hall–Kier alpha value is -0.560. The molecule has 0 aliphatic carbocycles. The van der Waals surface area contributed by atoms with E-state index in [9.17, 15) is 0 Å². The van der Waals surface area contributed by atoms with Gasteiger partial charge in [0.05, 0.1) is 0 Å². The minimum absolute atomic E-state index is 0.221. The van der Waals surface area contributed by atoms with Crippen molar-refractivity contribution in [2.45, 2.75) is 57.5 Å². The van der Waals surface area contributed by atoms with Gasteiger partial charge in [-0.1, -0.05) is 6.42 Å². The van der Waals surface area contributed by atoms with E-state index >= 15 is 0 Å². The maximum atomic E-state index is 6.11. The second-order valence-electron chi connectivity index (χ2n) is 6.02. The molecule has 3 nitrogen and oxygen atoms in total. The number of piperidine rings is 2. The summed E-state index contributed by atoms with van der Waals surface area (Å²) in [6, 6.07) is 1.06. The fourth-order valence-electron chi connectivity index (χ4n) is 3.38. The number of rotatable bonds is 4. The number of nitrogens with two attached hydrogens (primary N) is 1. The van der Waals surface area contributed by atoms with Crippen LogP contribution in [0.3, 0.4) is 0 Å². The van der Waals surface area contributed by atoms with Gasteiger partial charge in [0.25, 0.3) is 0 Å². The molecule has 2 aliphatic heterocycles. The molecule has 1 atom stereocenters. The largest absolute Gasteiger partial charge is 0.326 e. The Bertz CT molecular complexity index is 304. The van der Waals surface area contributed by atoms with Gasteiger partial charge in [0, 0.05) is 25.0 Å². The van der Waals surface area contributed by atoms with Gasteiger partial charge in [-0.25, -0.2) is 0 Å². The van der Waals surface area contributed by atoms with Crippen LogP contribution in [0.4, 0.5) is 0 Å². The summed E-state index contributed by atoms with van der Waals surface area (Å²) in [5.41, 5.74) is 6.11. The first kappa shape index (κ1) is 14.8. The van der Waals surface area contributed by atoms with Crippen LogP contribution >= 0.6 is 0 Å². The van der Waals surface area contributed by atoms with Crippen LogP contribution in [0.15, 0.2) is 0 Å². The molecule has 2 saturated heterocycles. The van der Waals surface area contributed by atoms with Crippen LogP contribution in [-0.4, -0.2) is 54.6 Å². The predicted octanol–water partition coefficient (Wildman–Crippen LogP) is 1.68. The molecule has 0 aromatic heterocycles. The van der Waals surface area contributed by atoms with Gasteiger partial charge in [0.2, 0.25) is 0 Å². The van der Waals surface area contributed by atoms with Crippen LogP contribution in [-0.2, 0) is 0 Å². The summed E-state index contributed by atoms with van der Waals surface area (Å²) in [5, 5.41) is 0. The van der Waals surface area contributed by atoms with Gasteiger partial charge < -0.3 is 15.5 Å². The summed E-state index contributed by atoms with van der Waals surface area (Å²) in [6.45, 7) is 7.99. The number of hydrogen-bond donors (Lipinski definition) is 1. The molecule has 0 radical (unpaired) electrons. The molecular weight excluding hydrogens is 234 g/mol. The Labute approximate surface area is 118 Å². The van der Waals surface area contributed by atoms with Crippen molar-refractivity contribution < 1.29 is 0 Å². The fourth-order valence-corrected chi connectivity index (χ4v) is 3.38. The SMILES string of the molecule is CC#CCC(N)CN1CCC(N2CCCCC2)CC1. The molecule has 2 aliphatic rings. The van der Waals surface area contributed by atoms with Crippen molar-refractivity contribution in [2.75, 3.05) is 32.7 Å². The first-order chi connectivity index (χ1) is 9.29. The molecular formula is C16H29N3. The molecule has 0 saturated carbocycles. The van der Waals surface area contributed by atoms with Crippen molar-refractivity contribution in [3.05, 3.63) is 0 Å². The third-order valence-electron chi connectivity index (χ3n) is 4.50. The normalized spacial score (nSPS) is 24.7. The number of likely N-dealkylation sites (tertiary alicyclic amines) is 2. The molecule has 0 aromatic carbocycles. The van der Waals surface area contributed by atoms with E-state index in [1.807, 2.05) is 6.92 Å². The highest BCUT2D eigenvalue weighted by molar-refractivity contribution is 4.98. The molecule has 2 N–H and O–H groups in total. The first-order valence-electron chi connectivity index (χ1n) is 7.91. The maximum Gasteiger partial charge on any atom is 0.0278 e. The quantitative estimate of drug-likeness (QED) is 0.783. The smallest absolute Gasteiger partial charge is 0.0278 e. The van der Waals surface area contributed by atoms with E-state index in [2.05, 4.69) is 21.6 Å². The molecule has 1 unspecified atom stereocenters. The number of nitrogens with zero attached hydrogens (tertiary/aromatic N) is 2. The van der Waals surface area contributed by atoms with Crippen molar-refractivity contribution in [2.24, 2.45) is 5.73 Å². The summed E-state index contributed by atoms with van der Waals surface area (Å²) in [7, 11) is 0. The van der Waals surface area contributed by atoms with Gasteiger partial charge in [0.15, 0.2) is 0 Å². The zero-order valence-corrected chi connectivity index (χ0v) is 12.4. The maximum absolute atomic E-state index is 6.11. The Morgan fingerprint density at radius 3 is 2.42 bits per heavy atom. The lowest BCUT2D eigenvalue weighted by molar-refractivity contribution is 0.0902. The van der Waals surface area contributed by atoms with Crippen LogP contribution in [0, 0.1) is 11.8 Å². The lowest BCUT2D eigenvalue weighted by atomic mass is 9.99. The van der Waals surface area contributed by atoms with Crippen LogP contribution in [0.1, 0.15) is 45.4 Å². The molecule has 2 rings (SSSR count). The zero-order valence-electron chi connectivity index (χ0n) is 12.4. The van der Waals surface area contributed by atoms with Gasteiger partial charge in [-0.15, -0.1) is 11.8 Å². The first-order valence-corrected chi connectivity index (χ1v) is 7.91. The van der Waals surface area contributed by atoms with Crippen LogP contribution in [0.5, 0.6) is 0 Å². The average Bonchev–Trinajstić information content (AvgIpc) is 2.47. The average molecular weight is 263 g/mol. The summed E-state index contributed by atoms with van der Waals surface area (Å²) in [4.78, 5) is 5.26. The van der Waals surface area contributed by atoms with Crippen molar-refractivity contribution >= 4 is 0 Å². The Morgan fingerprint density at radius 2 is 1.79 bits per heavy atom. The fraction of sp³-hybridized carbons (Fsp3) is 0.875. The highest BCUT2D eigenvalue weighted by Gasteiger charge is 2.25. The summed E-state index contributed by atoms with van der Waals surface area (Å²) in [6.07, 6.45) is 7.73. The van der Waals surface area contributed by atoms with Gasteiger partial charge >= 0.3 is 0 Å². The van der Waals surface area contributed by atoms with Gasteiger partial charge in [-0.3, -0.25) is 0 Å². The van der Waals surface area contributed by atoms with E-state index < -0.39 is 0 Å².